The maximum absolute atomic E-state index is 13.2. The molecule has 1 amide bonds. The van der Waals surface area contributed by atoms with E-state index in [4.69, 9.17) is 24.0 Å². The number of hydrogen-bond acceptors (Lipinski definition) is 12. The van der Waals surface area contributed by atoms with Gasteiger partial charge in [-0.1, -0.05) is 5.16 Å². The van der Waals surface area contributed by atoms with Crippen molar-refractivity contribution in [2.75, 3.05) is 45.7 Å². The predicted octanol–water partition coefficient (Wildman–Crippen LogP) is 6.62. The third-order valence-electron chi connectivity index (χ3n) is 10.4. The number of aromatic nitrogens is 3. The van der Waals surface area contributed by atoms with Gasteiger partial charge in [-0.05, 0) is 99.7 Å². The van der Waals surface area contributed by atoms with Crippen LogP contribution in [0.4, 0.5) is 15.6 Å². The molecule has 0 N–H and O–H groups in total. The van der Waals surface area contributed by atoms with E-state index < -0.39 is 11.0 Å². The zero-order chi connectivity index (χ0) is 37.5. The fraction of sp³-hybridized carbons (Fsp3) is 0.632. The van der Waals surface area contributed by atoms with Gasteiger partial charge in [0.05, 0.1) is 29.4 Å². The average molecular weight is 732 g/mol. The lowest BCUT2D eigenvalue weighted by atomic mass is 9.71. The second-order valence-electron chi connectivity index (χ2n) is 16.1. The number of piperazine rings is 1. The number of thiophene rings is 1. The first-order valence-corrected chi connectivity index (χ1v) is 19.2. The fourth-order valence-corrected chi connectivity index (χ4v) is 9.19. The number of hydrogen-bond donors (Lipinski definition) is 0. The molecule has 13 nitrogen and oxygen atoms in total. The van der Waals surface area contributed by atoms with E-state index in [-0.39, 0.29) is 30.3 Å². The molecule has 52 heavy (non-hydrogen) atoms. The SMILES string of the molecule is C[C@H](Oc1cc(N2C[C@@H](C)N(C(=O)OC(C)(C)C)[C@@H](C)C2)nc(-c2cc([C@@]3(C)CCCc4sc(N=CN(C)C)c(C#N)c43)on2)n1)[C@@H]1CCCN1C. The zero-order valence-corrected chi connectivity index (χ0v) is 33.1. The molecule has 0 aromatic carbocycles. The standard InChI is InChI=1S/C38H53N9O4S/c1-23-20-46(21-24(2)47(23)36(48)50-37(4,5)6)31-18-32(49-25(3)28-13-12-16-45(28)10)42-34(41-31)27-17-30(51-43-27)38(7)15-11-14-29-33(38)26(19-39)35(52-29)40-22-44(8)9/h17-18,22-25,28H,11-16,20-21H2,1-10H3/t23-,24+,25-,28-,38+/m0/s1. The van der Waals surface area contributed by atoms with E-state index in [0.717, 1.165) is 49.1 Å². The van der Waals surface area contributed by atoms with Gasteiger partial charge >= 0.3 is 6.09 Å². The van der Waals surface area contributed by atoms with E-state index in [1.165, 1.54) is 0 Å². The molecule has 14 heteroatoms. The highest BCUT2D eigenvalue weighted by atomic mass is 32.1. The molecule has 0 bridgehead atoms. The van der Waals surface area contributed by atoms with Gasteiger partial charge < -0.3 is 23.8 Å². The van der Waals surface area contributed by atoms with Crippen LogP contribution < -0.4 is 9.64 Å². The number of ether oxygens (including phenoxy) is 2. The number of nitrogens with zero attached hydrogens (tertiary/aromatic N) is 9. The third kappa shape index (κ3) is 7.62. The molecule has 280 valence electrons. The van der Waals surface area contributed by atoms with E-state index in [1.807, 2.05) is 70.6 Å². The molecule has 0 saturated carbocycles. The smallest absolute Gasteiger partial charge is 0.410 e. The number of likely N-dealkylation sites (tertiary alicyclic amines) is 1. The second-order valence-corrected chi connectivity index (χ2v) is 17.1. The Kier molecular flexibility index (Phi) is 10.6. The molecule has 6 rings (SSSR count). The minimum absolute atomic E-state index is 0.0928. The molecule has 0 unspecified atom stereocenters. The first-order chi connectivity index (χ1) is 24.6. The van der Waals surface area contributed by atoms with Gasteiger partial charge in [-0.15, -0.1) is 11.3 Å². The van der Waals surface area contributed by atoms with Crippen molar-refractivity contribution < 1.29 is 18.8 Å². The molecule has 1 aliphatic carbocycles. The summed E-state index contributed by atoms with van der Waals surface area (Å²) in [5, 5.41) is 15.6. The Morgan fingerprint density at radius 1 is 1.21 bits per heavy atom. The molecule has 3 aromatic heterocycles. The summed E-state index contributed by atoms with van der Waals surface area (Å²) in [7, 11) is 5.96. The van der Waals surface area contributed by atoms with Gasteiger partial charge in [-0.2, -0.15) is 10.2 Å². The van der Waals surface area contributed by atoms with E-state index in [2.05, 4.69) is 46.9 Å². The highest BCUT2D eigenvalue weighted by Crippen LogP contribution is 2.50. The number of carbonyl (C=O) groups excluding carboxylic acids is 1. The monoisotopic (exact) mass is 731 g/mol. The molecule has 2 fully saturated rings. The Morgan fingerprint density at radius 3 is 2.58 bits per heavy atom. The number of aryl methyl sites for hydroxylation is 1. The zero-order valence-electron chi connectivity index (χ0n) is 32.3. The summed E-state index contributed by atoms with van der Waals surface area (Å²) in [4.78, 5) is 37.1. The Labute approximate surface area is 311 Å². The average Bonchev–Trinajstić information content (AvgIpc) is 3.81. The first kappa shape index (κ1) is 37.5. The summed E-state index contributed by atoms with van der Waals surface area (Å²) in [6, 6.07) is 6.29. The number of nitriles is 1. The van der Waals surface area contributed by atoms with Gasteiger partial charge in [0.2, 0.25) is 5.88 Å². The van der Waals surface area contributed by atoms with Gasteiger partial charge in [0.15, 0.2) is 11.5 Å². The predicted molar refractivity (Wildman–Crippen MR) is 203 cm³/mol. The molecule has 5 atom stereocenters. The third-order valence-corrected chi connectivity index (χ3v) is 11.5. The van der Waals surface area contributed by atoms with Crippen LogP contribution in [0.25, 0.3) is 11.5 Å². The molecule has 3 aromatic rings. The van der Waals surface area contributed by atoms with Gasteiger partial charge in [0.25, 0.3) is 0 Å². The van der Waals surface area contributed by atoms with E-state index in [0.29, 0.717) is 52.6 Å². The maximum atomic E-state index is 13.2. The molecule has 5 heterocycles. The van der Waals surface area contributed by atoms with Gasteiger partial charge in [0, 0.05) is 50.2 Å². The number of amides is 1. The Bertz CT molecular complexity index is 1830. The lowest BCUT2D eigenvalue weighted by molar-refractivity contribution is 0.00558. The van der Waals surface area contributed by atoms with Crippen molar-refractivity contribution in [3.05, 3.63) is 33.9 Å². The van der Waals surface area contributed by atoms with Crippen molar-refractivity contribution in [2.24, 2.45) is 4.99 Å². The quantitative estimate of drug-likeness (QED) is 0.183. The van der Waals surface area contributed by atoms with Crippen LogP contribution >= 0.6 is 11.3 Å². The lowest BCUT2D eigenvalue weighted by Crippen LogP contribution is -2.59. The van der Waals surface area contributed by atoms with E-state index >= 15 is 0 Å². The molecular weight excluding hydrogens is 679 g/mol. The largest absolute Gasteiger partial charge is 0.473 e. The van der Waals surface area contributed by atoms with Crippen molar-refractivity contribution in [3.63, 3.8) is 0 Å². The summed E-state index contributed by atoms with van der Waals surface area (Å²) in [5.41, 5.74) is 0.896. The molecule has 3 aliphatic rings. The molecule has 0 spiro atoms. The van der Waals surface area contributed by atoms with Crippen molar-refractivity contribution in [3.8, 4) is 23.5 Å². The first-order valence-electron chi connectivity index (χ1n) is 18.3. The fourth-order valence-electron chi connectivity index (χ4n) is 7.93. The number of anilines is 1. The topological polar surface area (TPSA) is 136 Å². The van der Waals surface area contributed by atoms with E-state index in [9.17, 15) is 10.1 Å². The Hall–Kier alpha value is -4.22. The van der Waals surface area contributed by atoms with Crippen LogP contribution in [0.1, 0.15) is 95.9 Å². The van der Waals surface area contributed by atoms with Gasteiger partial charge in [0.1, 0.15) is 34.4 Å². The summed E-state index contributed by atoms with van der Waals surface area (Å²) in [6.45, 7) is 16.1. The summed E-state index contributed by atoms with van der Waals surface area (Å²) >= 11 is 1.58. The second kappa shape index (κ2) is 14.7. The van der Waals surface area contributed by atoms with Crippen LogP contribution in [0.3, 0.4) is 0 Å². The number of aliphatic imine (C=N–C) groups is 1. The highest BCUT2D eigenvalue weighted by molar-refractivity contribution is 7.16. The van der Waals surface area contributed by atoms with Crippen LogP contribution in [-0.2, 0) is 16.6 Å². The van der Waals surface area contributed by atoms with Crippen molar-refractivity contribution in [1.82, 2.24) is 29.8 Å². The van der Waals surface area contributed by atoms with Crippen molar-refractivity contribution in [2.45, 2.75) is 116 Å². The Morgan fingerprint density at radius 2 is 1.94 bits per heavy atom. The van der Waals surface area contributed by atoms with Crippen LogP contribution in [0.2, 0.25) is 0 Å². The molecular formula is C38H53N9O4S. The summed E-state index contributed by atoms with van der Waals surface area (Å²) in [6.07, 6.45) is 6.16. The van der Waals surface area contributed by atoms with E-state index in [1.54, 1.807) is 17.7 Å². The van der Waals surface area contributed by atoms with Crippen molar-refractivity contribution >= 4 is 34.6 Å². The lowest BCUT2D eigenvalue weighted by Gasteiger charge is -2.44. The van der Waals surface area contributed by atoms with Crippen LogP contribution in [0.15, 0.2) is 21.6 Å². The maximum Gasteiger partial charge on any atom is 0.410 e. The van der Waals surface area contributed by atoms with Gasteiger partial charge in [-0.25, -0.2) is 14.8 Å². The minimum Gasteiger partial charge on any atom is -0.473 e. The summed E-state index contributed by atoms with van der Waals surface area (Å²) in [5.74, 6) is 2.21. The minimum atomic E-state index is -0.583. The number of rotatable bonds is 8. The van der Waals surface area contributed by atoms with Gasteiger partial charge in [-0.3, -0.25) is 9.80 Å². The van der Waals surface area contributed by atoms with Crippen LogP contribution in [0.5, 0.6) is 5.88 Å². The molecule has 0 radical (unpaired) electrons. The number of carbonyl (C=O) groups is 1. The normalized spacial score (nSPS) is 24.5. The number of likely N-dealkylation sites (N-methyl/N-ethyl adjacent to an activating group) is 1. The Balaban J connectivity index is 1.35. The molecule has 2 saturated heterocycles. The molecule has 2 aliphatic heterocycles. The van der Waals surface area contributed by atoms with Crippen LogP contribution in [0, 0.1) is 11.3 Å². The highest BCUT2D eigenvalue weighted by Gasteiger charge is 2.42. The van der Waals surface area contributed by atoms with Crippen molar-refractivity contribution in [1.29, 1.82) is 5.26 Å². The number of fused-ring (bicyclic) bond motifs is 1. The summed E-state index contributed by atoms with van der Waals surface area (Å²) < 4.78 is 18.5. The van der Waals surface area contributed by atoms with Crippen LogP contribution in [-0.4, -0.2) is 113 Å².